The molecule has 0 bridgehead atoms. The summed E-state index contributed by atoms with van der Waals surface area (Å²) in [6.45, 7) is 1.55. The zero-order valence-electron chi connectivity index (χ0n) is 16.1. The minimum absolute atomic E-state index is 0.0794. The number of phenolic OH excluding ortho intramolecular Hbond substituents is 2. The fraction of sp³-hybridized carbons (Fsp3) is 0.286. The molecule has 1 aliphatic rings. The van der Waals surface area contributed by atoms with Gasteiger partial charge in [-0.25, -0.2) is 0 Å². The molecule has 0 saturated carbocycles. The van der Waals surface area contributed by atoms with Crippen LogP contribution in [0.4, 0.5) is 0 Å². The Balaban J connectivity index is 1.49. The van der Waals surface area contributed by atoms with Crippen molar-refractivity contribution < 1.29 is 19.7 Å². The van der Waals surface area contributed by atoms with Gasteiger partial charge in [0.1, 0.15) is 28.9 Å². The molecule has 150 valence electrons. The molecule has 0 fully saturated rings. The van der Waals surface area contributed by atoms with Gasteiger partial charge in [-0.1, -0.05) is 12.1 Å². The van der Waals surface area contributed by atoms with Crippen molar-refractivity contribution in [2.24, 2.45) is 0 Å². The summed E-state index contributed by atoms with van der Waals surface area (Å²) in [7, 11) is 1.64. The number of methoxy groups -OCH3 is 1. The number of nitrogens with zero attached hydrogens (tertiary/aromatic N) is 4. The van der Waals surface area contributed by atoms with E-state index in [4.69, 9.17) is 4.74 Å². The van der Waals surface area contributed by atoms with E-state index in [0.717, 1.165) is 23.0 Å². The average molecular weight is 394 g/mol. The number of amides is 1. The number of phenols is 2. The first kappa shape index (κ1) is 18.8. The maximum absolute atomic E-state index is 12.8. The Hall–Kier alpha value is -3.55. The number of rotatable bonds is 4. The van der Waals surface area contributed by atoms with Gasteiger partial charge >= 0.3 is 0 Å². The van der Waals surface area contributed by atoms with Crippen LogP contribution in [0.5, 0.6) is 17.2 Å². The zero-order valence-corrected chi connectivity index (χ0v) is 16.1. The molecule has 4 rings (SSSR count). The number of benzene rings is 2. The predicted octanol–water partition coefficient (Wildman–Crippen LogP) is 1.99. The molecule has 0 saturated heterocycles. The van der Waals surface area contributed by atoms with Gasteiger partial charge in [-0.15, -0.1) is 10.2 Å². The number of aromatic hydroxyl groups is 2. The number of hydrogen-bond acceptors (Lipinski definition) is 6. The summed E-state index contributed by atoms with van der Waals surface area (Å²) in [6.07, 6.45) is 1.23. The van der Waals surface area contributed by atoms with E-state index < -0.39 is 0 Å². The van der Waals surface area contributed by atoms with Crippen LogP contribution in [0.1, 0.15) is 27.6 Å². The average Bonchev–Trinajstić information content (AvgIpc) is 2.96. The summed E-state index contributed by atoms with van der Waals surface area (Å²) in [4.78, 5) is 14.5. The Morgan fingerprint density at radius 2 is 1.86 bits per heavy atom. The molecule has 0 atom stereocenters. The molecule has 0 aliphatic carbocycles. The Bertz CT molecular complexity index is 1030. The molecule has 1 amide bonds. The lowest BCUT2D eigenvalue weighted by Gasteiger charge is -2.20. The number of hydrogen-bond donors (Lipinski definition) is 2. The Morgan fingerprint density at radius 1 is 1.07 bits per heavy atom. The van der Waals surface area contributed by atoms with Crippen molar-refractivity contribution in [2.45, 2.75) is 19.4 Å². The molecule has 29 heavy (non-hydrogen) atoms. The minimum Gasteiger partial charge on any atom is -0.508 e. The Kier molecular flexibility index (Phi) is 5.07. The lowest BCUT2D eigenvalue weighted by molar-refractivity contribution is 0.0755. The van der Waals surface area contributed by atoms with Crippen LogP contribution in [0.15, 0.2) is 42.5 Å². The molecule has 2 N–H and O–H groups in total. The van der Waals surface area contributed by atoms with Gasteiger partial charge < -0.3 is 24.4 Å². The van der Waals surface area contributed by atoms with Crippen molar-refractivity contribution in [3.63, 3.8) is 0 Å². The van der Waals surface area contributed by atoms with E-state index >= 15 is 0 Å². The summed E-state index contributed by atoms with van der Waals surface area (Å²) in [6, 6.07) is 11.8. The van der Waals surface area contributed by atoms with Crippen LogP contribution in [-0.4, -0.2) is 56.0 Å². The van der Waals surface area contributed by atoms with Crippen LogP contribution in [0.25, 0.3) is 0 Å². The number of carbonyl (C=O) groups is 1. The van der Waals surface area contributed by atoms with Crippen LogP contribution in [0.3, 0.4) is 0 Å². The second kappa shape index (κ2) is 7.83. The molecule has 0 radical (unpaired) electrons. The largest absolute Gasteiger partial charge is 0.508 e. The van der Waals surface area contributed by atoms with E-state index in [-0.39, 0.29) is 23.0 Å². The second-order valence-corrected chi connectivity index (χ2v) is 6.95. The molecule has 2 aromatic carbocycles. The van der Waals surface area contributed by atoms with Gasteiger partial charge in [0.15, 0.2) is 0 Å². The van der Waals surface area contributed by atoms with Crippen LogP contribution in [0.2, 0.25) is 0 Å². The molecule has 0 unspecified atom stereocenters. The van der Waals surface area contributed by atoms with Crippen LogP contribution in [-0.2, 0) is 19.4 Å². The zero-order chi connectivity index (χ0) is 20.4. The highest BCUT2D eigenvalue weighted by Crippen LogP contribution is 2.24. The first-order valence-electron chi connectivity index (χ1n) is 9.40. The quantitative estimate of drug-likeness (QED) is 0.702. The SMILES string of the molecule is COc1ccc(Cc2nnc3n2CCN(C(=O)c2ccc(O)cc2O)CC3)cc1. The van der Waals surface area contributed by atoms with Gasteiger partial charge in [0.2, 0.25) is 0 Å². The maximum Gasteiger partial charge on any atom is 0.257 e. The third kappa shape index (κ3) is 3.87. The van der Waals surface area contributed by atoms with Crippen LogP contribution < -0.4 is 4.74 Å². The fourth-order valence-corrected chi connectivity index (χ4v) is 3.51. The van der Waals surface area contributed by atoms with Crippen molar-refractivity contribution in [1.29, 1.82) is 0 Å². The number of carbonyl (C=O) groups excluding carboxylic acids is 1. The molecular weight excluding hydrogens is 372 g/mol. The third-order valence-electron chi connectivity index (χ3n) is 5.12. The summed E-state index contributed by atoms with van der Waals surface area (Å²) in [5, 5.41) is 28.1. The van der Waals surface area contributed by atoms with E-state index in [1.165, 1.54) is 18.2 Å². The third-order valence-corrected chi connectivity index (χ3v) is 5.12. The standard InChI is InChI=1S/C21H22N4O4/c1-29-16-5-2-14(3-6-16)12-20-23-22-19-8-9-24(10-11-25(19)20)21(28)17-7-4-15(26)13-18(17)27/h2-7,13,26-27H,8-12H2,1H3. The molecule has 2 heterocycles. The van der Waals surface area contributed by atoms with Gasteiger partial charge in [-0.2, -0.15) is 0 Å². The summed E-state index contributed by atoms with van der Waals surface area (Å²) < 4.78 is 7.26. The topological polar surface area (TPSA) is 101 Å². The van der Waals surface area contributed by atoms with E-state index in [9.17, 15) is 15.0 Å². The maximum atomic E-state index is 12.8. The van der Waals surface area contributed by atoms with Crippen molar-refractivity contribution in [3.05, 3.63) is 65.2 Å². The highest BCUT2D eigenvalue weighted by Gasteiger charge is 2.24. The Labute approximate surface area is 168 Å². The second-order valence-electron chi connectivity index (χ2n) is 6.95. The monoisotopic (exact) mass is 394 g/mol. The molecule has 0 spiro atoms. The van der Waals surface area contributed by atoms with Crippen LogP contribution in [0, 0.1) is 0 Å². The number of fused-ring (bicyclic) bond motifs is 1. The van der Waals surface area contributed by atoms with Crippen molar-refractivity contribution >= 4 is 5.91 Å². The summed E-state index contributed by atoms with van der Waals surface area (Å²) in [5.74, 6) is 1.94. The Morgan fingerprint density at radius 3 is 2.59 bits per heavy atom. The molecule has 1 aromatic heterocycles. The van der Waals surface area contributed by atoms with Gasteiger partial charge in [0, 0.05) is 38.5 Å². The van der Waals surface area contributed by atoms with Gasteiger partial charge in [0.25, 0.3) is 5.91 Å². The van der Waals surface area contributed by atoms with Crippen LogP contribution >= 0.6 is 0 Å². The van der Waals surface area contributed by atoms with E-state index in [2.05, 4.69) is 14.8 Å². The van der Waals surface area contributed by atoms with Gasteiger partial charge in [-0.05, 0) is 29.8 Å². The number of ether oxygens (including phenoxy) is 1. The fourth-order valence-electron chi connectivity index (χ4n) is 3.51. The number of aromatic nitrogens is 3. The molecular formula is C21H22N4O4. The minimum atomic E-state index is -0.266. The van der Waals surface area contributed by atoms with E-state index in [1.54, 1.807) is 12.0 Å². The first-order valence-corrected chi connectivity index (χ1v) is 9.40. The molecule has 8 nitrogen and oxygen atoms in total. The summed E-state index contributed by atoms with van der Waals surface area (Å²) >= 11 is 0. The van der Waals surface area contributed by atoms with E-state index in [1.807, 2.05) is 24.3 Å². The smallest absolute Gasteiger partial charge is 0.257 e. The van der Waals surface area contributed by atoms with Gasteiger partial charge in [0.05, 0.1) is 12.7 Å². The summed E-state index contributed by atoms with van der Waals surface area (Å²) in [5.41, 5.74) is 1.28. The molecule has 3 aromatic rings. The lowest BCUT2D eigenvalue weighted by Crippen LogP contribution is -2.33. The first-order chi connectivity index (χ1) is 14.0. The molecule has 8 heteroatoms. The molecule has 1 aliphatic heterocycles. The van der Waals surface area contributed by atoms with Gasteiger partial charge in [-0.3, -0.25) is 4.79 Å². The van der Waals surface area contributed by atoms with Crippen molar-refractivity contribution in [3.8, 4) is 17.2 Å². The highest BCUT2D eigenvalue weighted by molar-refractivity contribution is 5.97. The van der Waals surface area contributed by atoms with E-state index in [0.29, 0.717) is 32.5 Å². The van der Waals surface area contributed by atoms with Crippen molar-refractivity contribution in [2.75, 3.05) is 20.2 Å². The normalized spacial score (nSPS) is 13.6. The van der Waals surface area contributed by atoms with Crippen molar-refractivity contribution in [1.82, 2.24) is 19.7 Å². The predicted molar refractivity (Wildman–Crippen MR) is 105 cm³/mol. The highest BCUT2D eigenvalue weighted by atomic mass is 16.5. The lowest BCUT2D eigenvalue weighted by atomic mass is 10.1.